The normalized spacial score (nSPS) is 22.2. The zero-order chi connectivity index (χ0) is 16.7. The molecular weight excluding hydrogens is 358 g/mol. The van der Waals surface area contributed by atoms with E-state index in [-0.39, 0.29) is 23.6 Å². The molecule has 1 fully saturated rings. The van der Waals surface area contributed by atoms with Crippen molar-refractivity contribution < 1.29 is 14.3 Å². The molecule has 3 unspecified atom stereocenters. The average molecular weight is 382 g/mol. The fourth-order valence-electron chi connectivity index (χ4n) is 3.22. The third-order valence-corrected chi connectivity index (χ3v) is 4.97. The van der Waals surface area contributed by atoms with Crippen molar-refractivity contribution in [2.75, 3.05) is 5.33 Å². The Morgan fingerprint density at radius 1 is 1.30 bits per heavy atom. The zero-order valence-corrected chi connectivity index (χ0v) is 15.1. The molecule has 3 atom stereocenters. The lowest BCUT2D eigenvalue weighted by Crippen LogP contribution is -2.47. The summed E-state index contributed by atoms with van der Waals surface area (Å²) in [6.45, 7) is 2.42. The van der Waals surface area contributed by atoms with E-state index in [1.165, 1.54) is 6.42 Å². The first-order valence-electron chi connectivity index (χ1n) is 8.16. The lowest BCUT2D eigenvalue weighted by Gasteiger charge is -2.32. The predicted octanol–water partition coefficient (Wildman–Crippen LogP) is 4.07. The number of alkyl halides is 1. The molecule has 2 rings (SSSR count). The van der Waals surface area contributed by atoms with Crippen molar-refractivity contribution in [3.63, 3.8) is 0 Å². The van der Waals surface area contributed by atoms with E-state index in [9.17, 15) is 9.59 Å². The van der Waals surface area contributed by atoms with Crippen molar-refractivity contribution in [2.24, 2.45) is 11.8 Å². The fourth-order valence-corrected chi connectivity index (χ4v) is 3.57. The monoisotopic (exact) mass is 381 g/mol. The summed E-state index contributed by atoms with van der Waals surface area (Å²) in [6, 6.07) is 9.06. The van der Waals surface area contributed by atoms with Crippen LogP contribution in [-0.2, 0) is 16.1 Å². The molecule has 1 aromatic carbocycles. The summed E-state index contributed by atoms with van der Waals surface area (Å²) >= 11 is 3.22. The number of rotatable bonds is 6. The molecule has 0 bridgehead atoms. The van der Waals surface area contributed by atoms with Gasteiger partial charge in [-0.3, -0.25) is 4.79 Å². The van der Waals surface area contributed by atoms with Crippen LogP contribution in [0.5, 0.6) is 0 Å². The maximum atomic E-state index is 12.2. The minimum atomic E-state index is -0.522. The van der Waals surface area contributed by atoms with E-state index in [1.54, 1.807) is 0 Å². The highest BCUT2D eigenvalue weighted by molar-refractivity contribution is 9.09. The Balaban J connectivity index is 1.91. The van der Waals surface area contributed by atoms with Crippen LogP contribution in [-0.4, -0.2) is 23.2 Å². The number of benzene rings is 1. The lowest BCUT2D eigenvalue weighted by atomic mass is 9.77. The van der Waals surface area contributed by atoms with Crippen LogP contribution in [0.2, 0.25) is 0 Å². The van der Waals surface area contributed by atoms with Crippen LogP contribution >= 0.6 is 15.9 Å². The Hall–Kier alpha value is -1.36. The fraction of sp³-hybridized carbons (Fsp3) is 0.556. The molecule has 5 heteroatoms. The van der Waals surface area contributed by atoms with Gasteiger partial charge in [0.15, 0.2) is 5.78 Å². The standard InChI is InChI=1S/C18H24BrNO3/c1-13-6-5-9-15(10-13)17(16(21)11-19)20-18(22)23-12-14-7-3-2-4-8-14/h2-4,7-8,13,15,17H,5-6,9-12H2,1H3,(H,20,22). The third-order valence-electron chi connectivity index (χ3n) is 4.41. The second kappa shape index (κ2) is 9.06. The van der Waals surface area contributed by atoms with Crippen LogP contribution in [0.15, 0.2) is 30.3 Å². The van der Waals surface area contributed by atoms with Crippen molar-refractivity contribution in [2.45, 2.75) is 45.3 Å². The van der Waals surface area contributed by atoms with Crippen LogP contribution < -0.4 is 5.32 Å². The van der Waals surface area contributed by atoms with Crippen LogP contribution in [0.1, 0.15) is 38.2 Å². The largest absolute Gasteiger partial charge is 0.445 e. The maximum absolute atomic E-state index is 12.2. The number of hydrogen-bond acceptors (Lipinski definition) is 3. The molecule has 1 amide bonds. The topological polar surface area (TPSA) is 55.4 Å². The van der Waals surface area contributed by atoms with Gasteiger partial charge >= 0.3 is 6.09 Å². The summed E-state index contributed by atoms with van der Waals surface area (Å²) in [5.41, 5.74) is 0.928. The van der Waals surface area contributed by atoms with Crippen LogP contribution in [0, 0.1) is 11.8 Å². The summed E-state index contributed by atoms with van der Waals surface area (Å²) in [6.07, 6.45) is 3.74. The van der Waals surface area contributed by atoms with Crippen molar-refractivity contribution in [1.82, 2.24) is 5.32 Å². The lowest BCUT2D eigenvalue weighted by molar-refractivity contribution is -0.120. The van der Waals surface area contributed by atoms with E-state index in [4.69, 9.17) is 4.74 Å². The van der Waals surface area contributed by atoms with Crippen molar-refractivity contribution in [3.8, 4) is 0 Å². The molecule has 1 N–H and O–H groups in total. The Morgan fingerprint density at radius 3 is 2.70 bits per heavy atom. The zero-order valence-electron chi connectivity index (χ0n) is 13.5. The van der Waals surface area contributed by atoms with E-state index in [2.05, 4.69) is 28.2 Å². The molecule has 0 saturated heterocycles. The number of carbonyl (C=O) groups excluding carboxylic acids is 2. The van der Waals surface area contributed by atoms with Gasteiger partial charge in [0.1, 0.15) is 6.61 Å². The first-order valence-corrected chi connectivity index (χ1v) is 9.28. The molecule has 1 aliphatic carbocycles. The molecule has 0 aromatic heterocycles. The van der Waals surface area contributed by atoms with E-state index in [1.807, 2.05) is 30.3 Å². The number of Topliss-reactive ketones (excluding diaryl/α,β-unsaturated/α-hetero) is 1. The number of nitrogens with one attached hydrogen (secondary N) is 1. The summed E-state index contributed by atoms with van der Waals surface area (Å²) in [5.74, 6) is 0.815. The van der Waals surface area contributed by atoms with E-state index in [0.717, 1.165) is 24.8 Å². The summed E-state index contributed by atoms with van der Waals surface area (Å²) in [4.78, 5) is 24.3. The van der Waals surface area contributed by atoms with E-state index < -0.39 is 12.1 Å². The molecule has 0 heterocycles. The van der Waals surface area contributed by atoms with Gasteiger partial charge in [0, 0.05) is 0 Å². The SMILES string of the molecule is CC1CCCC(C(NC(=O)OCc2ccccc2)C(=O)CBr)C1. The highest BCUT2D eigenvalue weighted by Gasteiger charge is 2.32. The number of halogens is 1. The first kappa shape index (κ1) is 18.0. The molecule has 0 radical (unpaired) electrons. The highest BCUT2D eigenvalue weighted by Crippen LogP contribution is 2.31. The van der Waals surface area contributed by atoms with Gasteiger partial charge in [0.2, 0.25) is 0 Å². The summed E-state index contributed by atoms with van der Waals surface area (Å²) in [7, 11) is 0. The van der Waals surface area contributed by atoms with Gasteiger partial charge in [-0.05, 0) is 30.2 Å². The molecule has 1 saturated carbocycles. The van der Waals surface area contributed by atoms with Gasteiger partial charge in [-0.15, -0.1) is 0 Å². The summed E-state index contributed by atoms with van der Waals surface area (Å²) < 4.78 is 5.25. The molecule has 1 aliphatic rings. The molecular formula is C18H24BrNO3. The molecule has 1 aromatic rings. The van der Waals surface area contributed by atoms with Crippen LogP contribution in [0.25, 0.3) is 0 Å². The Morgan fingerprint density at radius 2 is 2.04 bits per heavy atom. The second-order valence-corrected chi connectivity index (χ2v) is 6.88. The summed E-state index contributed by atoms with van der Waals surface area (Å²) in [5, 5.41) is 3.04. The van der Waals surface area contributed by atoms with E-state index in [0.29, 0.717) is 5.92 Å². The third kappa shape index (κ3) is 5.65. The molecule has 4 nitrogen and oxygen atoms in total. The van der Waals surface area contributed by atoms with Crippen LogP contribution in [0.3, 0.4) is 0 Å². The van der Waals surface area contributed by atoms with Crippen molar-refractivity contribution >= 4 is 27.8 Å². The smallest absolute Gasteiger partial charge is 0.408 e. The predicted molar refractivity (Wildman–Crippen MR) is 93.5 cm³/mol. The quantitative estimate of drug-likeness (QED) is 0.755. The van der Waals surface area contributed by atoms with Crippen LogP contribution in [0.4, 0.5) is 4.79 Å². The van der Waals surface area contributed by atoms with Gasteiger partial charge in [-0.1, -0.05) is 66.0 Å². The Bertz CT molecular complexity index is 520. The number of amides is 1. The van der Waals surface area contributed by atoms with Gasteiger partial charge in [0.05, 0.1) is 11.4 Å². The number of alkyl carbamates (subject to hydrolysis) is 1. The second-order valence-electron chi connectivity index (χ2n) is 6.32. The minimum absolute atomic E-state index is 0.0146. The maximum Gasteiger partial charge on any atom is 0.408 e. The van der Waals surface area contributed by atoms with Crippen molar-refractivity contribution in [1.29, 1.82) is 0 Å². The van der Waals surface area contributed by atoms with Gasteiger partial charge in [-0.25, -0.2) is 4.79 Å². The van der Waals surface area contributed by atoms with Gasteiger partial charge in [0.25, 0.3) is 0 Å². The number of carbonyl (C=O) groups is 2. The van der Waals surface area contributed by atoms with Gasteiger partial charge < -0.3 is 10.1 Å². The molecule has 0 aliphatic heterocycles. The molecule has 126 valence electrons. The highest BCUT2D eigenvalue weighted by atomic mass is 79.9. The average Bonchev–Trinajstić information content (AvgIpc) is 2.58. The molecule has 23 heavy (non-hydrogen) atoms. The number of hydrogen-bond donors (Lipinski definition) is 1. The first-order chi connectivity index (χ1) is 11.1. The Labute approximate surface area is 146 Å². The van der Waals surface area contributed by atoms with Crippen molar-refractivity contribution in [3.05, 3.63) is 35.9 Å². The molecule has 0 spiro atoms. The Kier molecular flexibility index (Phi) is 7.09. The van der Waals surface area contributed by atoms with Gasteiger partial charge in [-0.2, -0.15) is 0 Å². The minimum Gasteiger partial charge on any atom is -0.445 e. The van der Waals surface area contributed by atoms with E-state index >= 15 is 0 Å². The number of ketones is 1. The number of ether oxygens (including phenoxy) is 1.